The molecule has 1 aromatic carbocycles. The van der Waals surface area contributed by atoms with Gasteiger partial charge in [0.05, 0.1) is 17.2 Å². The van der Waals surface area contributed by atoms with Crippen molar-refractivity contribution < 1.29 is 4.74 Å². The molecule has 0 aliphatic rings. The van der Waals surface area contributed by atoms with Crippen LogP contribution >= 0.6 is 35.3 Å². The molecular formula is C18H27IN4OS. The van der Waals surface area contributed by atoms with Crippen LogP contribution in [0.1, 0.15) is 29.6 Å². The third kappa shape index (κ3) is 9.18. The summed E-state index contributed by atoms with van der Waals surface area (Å²) >= 11 is 1.69. The standard InChI is InChI=1S/C18H26N4OS.HI/c1-2-23-12-6-11-20-18(19)21-13-16-14-24-17(22-16)10-9-15-7-4-3-5-8-15;/h3-5,7-8,14H,2,6,9-13H2,1H3,(H3,19,20,21);1H. The monoisotopic (exact) mass is 474 g/mol. The Bertz CT molecular complexity index is 619. The minimum Gasteiger partial charge on any atom is -0.382 e. The number of aliphatic imine (C=N–C) groups is 1. The Balaban J connectivity index is 0.00000312. The number of aryl methyl sites for hydroxylation is 2. The molecule has 138 valence electrons. The van der Waals surface area contributed by atoms with Gasteiger partial charge in [0.1, 0.15) is 0 Å². The maximum Gasteiger partial charge on any atom is 0.188 e. The molecule has 0 unspecified atom stereocenters. The molecular weight excluding hydrogens is 447 g/mol. The van der Waals surface area contributed by atoms with Crippen molar-refractivity contribution in [3.8, 4) is 0 Å². The molecule has 0 spiro atoms. The number of hydrogen-bond donors (Lipinski definition) is 2. The molecule has 0 bridgehead atoms. The van der Waals surface area contributed by atoms with Crippen molar-refractivity contribution in [2.24, 2.45) is 10.7 Å². The van der Waals surface area contributed by atoms with Gasteiger partial charge in [-0.05, 0) is 25.3 Å². The van der Waals surface area contributed by atoms with E-state index in [0.29, 0.717) is 12.5 Å². The minimum atomic E-state index is 0. The van der Waals surface area contributed by atoms with Crippen molar-refractivity contribution >= 4 is 41.3 Å². The van der Waals surface area contributed by atoms with Crippen LogP contribution in [0.5, 0.6) is 0 Å². The van der Waals surface area contributed by atoms with Gasteiger partial charge in [-0.1, -0.05) is 30.3 Å². The molecule has 0 saturated heterocycles. The third-order valence-corrected chi connectivity index (χ3v) is 4.41. The topological polar surface area (TPSA) is 72.5 Å². The second-order valence-corrected chi connectivity index (χ2v) is 6.34. The molecule has 0 aliphatic carbocycles. The lowest BCUT2D eigenvalue weighted by atomic mass is 10.1. The highest BCUT2D eigenvalue weighted by Gasteiger charge is 2.03. The van der Waals surface area contributed by atoms with Crippen LogP contribution in [0.15, 0.2) is 40.7 Å². The highest BCUT2D eigenvalue weighted by atomic mass is 127. The Kier molecular flexibility index (Phi) is 11.4. The second kappa shape index (κ2) is 13.1. The summed E-state index contributed by atoms with van der Waals surface area (Å²) in [6, 6.07) is 10.5. The molecule has 25 heavy (non-hydrogen) atoms. The lowest BCUT2D eigenvalue weighted by molar-refractivity contribution is 0.145. The maximum absolute atomic E-state index is 5.85. The smallest absolute Gasteiger partial charge is 0.188 e. The van der Waals surface area contributed by atoms with Crippen LogP contribution < -0.4 is 11.1 Å². The first-order valence-electron chi connectivity index (χ1n) is 8.36. The summed E-state index contributed by atoms with van der Waals surface area (Å²) in [4.78, 5) is 8.96. The summed E-state index contributed by atoms with van der Waals surface area (Å²) < 4.78 is 5.27. The zero-order valence-electron chi connectivity index (χ0n) is 14.6. The summed E-state index contributed by atoms with van der Waals surface area (Å²) in [5.74, 6) is 0.463. The number of hydrogen-bond acceptors (Lipinski definition) is 4. The molecule has 5 nitrogen and oxygen atoms in total. The third-order valence-electron chi connectivity index (χ3n) is 3.46. The number of nitrogens with two attached hydrogens (primary N) is 1. The zero-order valence-corrected chi connectivity index (χ0v) is 17.8. The fraction of sp³-hybridized carbons (Fsp3) is 0.444. The van der Waals surface area contributed by atoms with E-state index in [1.165, 1.54) is 5.56 Å². The molecule has 2 aromatic rings. The molecule has 1 aromatic heterocycles. The summed E-state index contributed by atoms with van der Waals surface area (Å²) in [6.45, 7) is 4.78. The number of thiazole rings is 1. The molecule has 0 radical (unpaired) electrons. The normalized spacial score (nSPS) is 11.2. The van der Waals surface area contributed by atoms with Gasteiger partial charge in [-0.3, -0.25) is 0 Å². The van der Waals surface area contributed by atoms with E-state index in [9.17, 15) is 0 Å². The summed E-state index contributed by atoms with van der Waals surface area (Å²) in [5.41, 5.74) is 8.17. The first-order chi connectivity index (χ1) is 11.8. The van der Waals surface area contributed by atoms with Crippen molar-refractivity contribution in [3.05, 3.63) is 52.0 Å². The summed E-state index contributed by atoms with van der Waals surface area (Å²) in [6.07, 6.45) is 2.90. The van der Waals surface area contributed by atoms with E-state index >= 15 is 0 Å². The quantitative estimate of drug-likeness (QED) is 0.240. The number of ether oxygens (including phenoxy) is 1. The van der Waals surface area contributed by atoms with Gasteiger partial charge in [0.2, 0.25) is 0 Å². The van der Waals surface area contributed by atoms with E-state index in [2.05, 4.69) is 44.9 Å². The van der Waals surface area contributed by atoms with E-state index in [4.69, 9.17) is 10.5 Å². The number of nitrogens with zero attached hydrogens (tertiary/aromatic N) is 2. The average Bonchev–Trinajstić information content (AvgIpc) is 3.07. The first kappa shape index (κ1) is 21.9. The van der Waals surface area contributed by atoms with E-state index in [1.807, 2.05) is 13.0 Å². The maximum atomic E-state index is 5.85. The Morgan fingerprint density at radius 3 is 2.84 bits per heavy atom. The SMILES string of the molecule is CCOCCCNC(N)=NCc1csc(CCc2ccccc2)n1.I. The van der Waals surface area contributed by atoms with Crippen LogP contribution in [0.3, 0.4) is 0 Å². The molecule has 0 amide bonds. The number of guanidine groups is 1. The van der Waals surface area contributed by atoms with Crippen LogP contribution in [-0.4, -0.2) is 30.7 Å². The number of rotatable bonds is 10. The van der Waals surface area contributed by atoms with Crippen molar-refractivity contribution in [1.82, 2.24) is 10.3 Å². The lowest BCUT2D eigenvalue weighted by Crippen LogP contribution is -2.32. The van der Waals surface area contributed by atoms with Gasteiger partial charge in [-0.2, -0.15) is 0 Å². The molecule has 0 saturated carbocycles. The van der Waals surface area contributed by atoms with Gasteiger partial charge < -0.3 is 15.8 Å². The van der Waals surface area contributed by atoms with E-state index in [-0.39, 0.29) is 24.0 Å². The molecule has 0 aliphatic heterocycles. The highest BCUT2D eigenvalue weighted by Crippen LogP contribution is 2.13. The number of nitrogens with one attached hydrogen (secondary N) is 1. The van der Waals surface area contributed by atoms with Crippen molar-refractivity contribution in [3.63, 3.8) is 0 Å². The number of aromatic nitrogens is 1. The van der Waals surface area contributed by atoms with Crippen LogP contribution in [0.4, 0.5) is 0 Å². The summed E-state index contributed by atoms with van der Waals surface area (Å²) in [5, 5.41) is 6.30. The fourth-order valence-corrected chi connectivity index (χ4v) is 2.98. The second-order valence-electron chi connectivity index (χ2n) is 5.40. The Morgan fingerprint density at radius 2 is 2.08 bits per heavy atom. The largest absolute Gasteiger partial charge is 0.382 e. The van der Waals surface area contributed by atoms with Crippen LogP contribution in [0.25, 0.3) is 0 Å². The Labute approximate surface area is 171 Å². The van der Waals surface area contributed by atoms with Crippen LogP contribution in [0.2, 0.25) is 0 Å². The van der Waals surface area contributed by atoms with Crippen molar-refractivity contribution in [1.29, 1.82) is 0 Å². The predicted octanol–water partition coefficient (Wildman–Crippen LogP) is 3.38. The fourth-order valence-electron chi connectivity index (χ4n) is 2.19. The van der Waals surface area contributed by atoms with E-state index in [1.54, 1.807) is 11.3 Å². The highest BCUT2D eigenvalue weighted by molar-refractivity contribution is 14.0. The van der Waals surface area contributed by atoms with Crippen LogP contribution in [0, 0.1) is 0 Å². The number of halogens is 1. The van der Waals surface area contributed by atoms with Gasteiger partial charge in [0, 0.05) is 31.6 Å². The van der Waals surface area contributed by atoms with E-state index < -0.39 is 0 Å². The molecule has 0 fully saturated rings. The van der Waals surface area contributed by atoms with Crippen molar-refractivity contribution in [2.75, 3.05) is 19.8 Å². The number of benzene rings is 1. The van der Waals surface area contributed by atoms with E-state index in [0.717, 1.165) is 49.7 Å². The Hall–Kier alpha value is -1.19. The van der Waals surface area contributed by atoms with Crippen LogP contribution in [-0.2, 0) is 24.1 Å². The Morgan fingerprint density at radius 1 is 1.28 bits per heavy atom. The molecule has 0 atom stereocenters. The average molecular weight is 474 g/mol. The lowest BCUT2D eigenvalue weighted by Gasteiger charge is -2.05. The molecule has 1 heterocycles. The van der Waals surface area contributed by atoms with Gasteiger partial charge in [-0.25, -0.2) is 9.98 Å². The van der Waals surface area contributed by atoms with Gasteiger partial charge in [0.15, 0.2) is 5.96 Å². The molecule has 7 heteroatoms. The predicted molar refractivity (Wildman–Crippen MR) is 116 cm³/mol. The first-order valence-corrected chi connectivity index (χ1v) is 9.24. The summed E-state index contributed by atoms with van der Waals surface area (Å²) in [7, 11) is 0. The minimum absolute atomic E-state index is 0. The zero-order chi connectivity index (χ0) is 17.0. The molecule has 3 N–H and O–H groups in total. The van der Waals surface area contributed by atoms with Crippen molar-refractivity contribution in [2.45, 2.75) is 32.7 Å². The van der Waals surface area contributed by atoms with Gasteiger partial charge in [-0.15, -0.1) is 35.3 Å². The molecule has 2 rings (SSSR count). The van der Waals surface area contributed by atoms with Gasteiger partial charge in [0.25, 0.3) is 0 Å². The van der Waals surface area contributed by atoms with Gasteiger partial charge >= 0.3 is 0 Å².